The highest BCUT2D eigenvalue weighted by Crippen LogP contribution is 2.29. The van der Waals surface area contributed by atoms with Crippen molar-refractivity contribution in [2.45, 2.75) is 11.8 Å². The van der Waals surface area contributed by atoms with Gasteiger partial charge in [0.15, 0.2) is 0 Å². The molecule has 1 amide bonds. The number of aryl methyl sites for hydroxylation is 1. The number of nitrogens with one attached hydrogen (secondary N) is 1. The molecule has 0 saturated carbocycles. The molecule has 4 rings (SSSR count). The molecule has 3 aromatic rings. The largest absolute Gasteiger partial charge is 0.496 e. The Balaban J connectivity index is 1.58. The van der Waals surface area contributed by atoms with Crippen molar-refractivity contribution in [2.24, 2.45) is 0 Å². The number of ether oxygens (including phenoxy) is 2. The molecule has 1 N–H and O–H groups in total. The Morgan fingerprint density at radius 2 is 1.84 bits per heavy atom. The molecule has 0 bridgehead atoms. The van der Waals surface area contributed by atoms with E-state index >= 15 is 0 Å². The van der Waals surface area contributed by atoms with E-state index in [1.54, 1.807) is 4.90 Å². The quantitative estimate of drug-likeness (QED) is 0.585. The molecule has 0 spiro atoms. The van der Waals surface area contributed by atoms with E-state index in [0.717, 1.165) is 22.5 Å². The molecular weight excluding hydrogens is 452 g/mol. The number of nitrogens with zero attached hydrogens (tertiary/aromatic N) is 3. The molecule has 11 heteroatoms. The van der Waals surface area contributed by atoms with Crippen LogP contribution >= 0.6 is 11.3 Å². The Labute approximate surface area is 190 Å². The average Bonchev–Trinajstić information content (AvgIpc) is 3.27. The van der Waals surface area contributed by atoms with Crippen LogP contribution in [-0.2, 0) is 14.8 Å². The van der Waals surface area contributed by atoms with Crippen molar-refractivity contribution < 1.29 is 22.7 Å². The van der Waals surface area contributed by atoms with Gasteiger partial charge in [-0.1, -0.05) is 41.2 Å². The van der Waals surface area contributed by atoms with Crippen LogP contribution in [0.3, 0.4) is 0 Å². The Morgan fingerprint density at radius 1 is 1.12 bits per heavy atom. The second kappa shape index (κ2) is 9.23. The lowest BCUT2D eigenvalue weighted by atomic mass is 10.1. The van der Waals surface area contributed by atoms with Crippen LogP contribution in [0, 0.1) is 6.92 Å². The summed E-state index contributed by atoms with van der Waals surface area (Å²) in [6, 6.07) is 11.9. The first-order valence-corrected chi connectivity index (χ1v) is 12.2. The predicted octanol–water partition coefficient (Wildman–Crippen LogP) is 2.80. The normalized spacial score (nSPS) is 14.2. The van der Waals surface area contributed by atoms with Gasteiger partial charge in [0.2, 0.25) is 5.13 Å². The molecule has 2 heterocycles. The minimum absolute atomic E-state index is 0.0676. The maximum atomic E-state index is 13.0. The maximum absolute atomic E-state index is 13.0. The minimum Gasteiger partial charge on any atom is -0.496 e. The fourth-order valence-corrected chi connectivity index (χ4v) is 5.21. The van der Waals surface area contributed by atoms with Crippen molar-refractivity contribution in [3.05, 3.63) is 53.6 Å². The second-order valence-electron chi connectivity index (χ2n) is 7.15. The van der Waals surface area contributed by atoms with E-state index in [2.05, 4.69) is 14.9 Å². The van der Waals surface area contributed by atoms with E-state index in [1.165, 1.54) is 25.3 Å². The third-order valence-corrected chi connectivity index (χ3v) is 7.31. The first-order chi connectivity index (χ1) is 15.4. The van der Waals surface area contributed by atoms with E-state index in [-0.39, 0.29) is 21.5 Å². The zero-order valence-electron chi connectivity index (χ0n) is 17.6. The van der Waals surface area contributed by atoms with Gasteiger partial charge in [0.25, 0.3) is 15.9 Å². The number of sulfonamides is 1. The van der Waals surface area contributed by atoms with Gasteiger partial charge in [-0.25, -0.2) is 8.42 Å². The summed E-state index contributed by atoms with van der Waals surface area (Å²) < 4.78 is 39.0. The van der Waals surface area contributed by atoms with Gasteiger partial charge in [0.05, 0.1) is 30.8 Å². The van der Waals surface area contributed by atoms with Gasteiger partial charge >= 0.3 is 0 Å². The number of morpholine rings is 1. The Bertz CT molecular complexity index is 1220. The lowest BCUT2D eigenvalue weighted by Crippen LogP contribution is -2.40. The van der Waals surface area contributed by atoms with Crippen LogP contribution in [0.4, 0.5) is 5.13 Å². The summed E-state index contributed by atoms with van der Waals surface area (Å²) in [4.78, 5) is 14.5. The van der Waals surface area contributed by atoms with Gasteiger partial charge in [0.1, 0.15) is 10.8 Å². The van der Waals surface area contributed by atoms with E-state index in [0.29, 0.717) is 37.1 Å². The van der Waals surface area contributed by atoms with Crippen molar-refractivity contribution in [2.75, 3.05) is 38.1 Å². The molecule has 1 aromatic heterocycles. The number of amides is 1. The smallest absolute Gasteiger partial charge is 0.263 e. The molecule has 0 aliphatic carbocycles. The maximum Gasteiger partial charge on any atom is 0.263 e. The summed E-state index contributed by atoms with van der Waals surface area (Å²) in [6.07, 6.45) is 0. The first-order valence-electron chi connectivity index (χ1n) is 9.86. The molecule has 1 aliphatic heterocycles. The highest BCUT2D eigenvalue weighted by molar-refractivity contribution is 7.93. The number of methoxy groups -OCH3 is 1. The summed E-state index contributed by atoms with van der Waals surface area (Å²) in [7, 11) is -2.56. The summed E-state index contributed by atoms with van der Waals surface area (Å²) in [5.41, 5.74) is 2.14. The van der Waals surface area contributed by atoms with Crippen molar-refractivity contribution in [3.8, 4) is 16.3 Å². The highest BCUT2D eigenvalue weighted by Gasteiger charge is 2.25. The van der Waals surface area contributed by atoms with E-state index < -0.39 is 10.0 Å². The number of hydrogen-bond donors (Lipinski definition) is 1. The van der Waals surface area contributed by atoms with E-state index in [1.807, 2.05) is 31.2 Å². The predicted molar refractivity (Wildman–Crippen MR) is 121 cm³/mol. The first kappa shape index (κ1) is 22.2. The standard InChI is InChI=1S/C21H22N4O5S2/c1-14-3-5-15(6-4-14)19-22-23-21(31-19)24-32(27,28)16-7-8-18(29-2)17(13-16)20(26)25-9-11-30-12-10-25/h3-8,13H,9-12H2,1-2H3,(H,23,24). The van der Waals surface area contributed by atoms with E-state index in [4.69, 9.17) is 9.47 Å². The summed E-state index contributed by atoms with van der Waals surface area (Å²) in [5, 5.41) is 8.77. The number of carbonyl (C=O) groups is 1. The van der Waals surface area contributed by atoms with Crippen LogP contribution in [-0.4, -0.2) is 62.8 Å². The lowest BCUT2D eigenvalue weighted by molar-refractivity contribution is 0.0300. The van der Waals surface area contributed by atoms with Crippen molar-refractivity contribution in [1.29, 1.82) is 0 Å². The number of benzene rings is 2. The molecule has 1 aliphatic rings. The zero-order chi connectivity index (χ0) is 22.7. The topological polar surface area (TPSA) is 111 Å². The molecule has 9 nitrogen and oxygen atoms in total. The molecule has 168 valence electrons. The number of carbonyl (C=O) groups excluding carboxylic acids is 1. The van der Waals surface area contributed by atoms with Crippen LogP contribution in [0.1, 0.15) is 15.9 Å². The highest BCUT2D eigenvalue weighted by atomic mass is 32.2. The van der Waals surface area contributed by atoms with E-state index in [9.17, 15) is 13.2 Å². The van der Waals surface area contributed by atoms with Gasteiger partial charge < -0.3 is 14.4 Å². The third-order valence-electron chi connectivity index (χ3n) is 4.96. The molecule has 0 radical (unpaired) electrons. The molecule has 0 atom stereocenters. The zero-order valence-corrected chi connectivity index (χ0v) is 19.2. The monoisotopic (exact) mass is 474 g/mol. The molecular formula is C21H22N4O5S2. The van der Waals surface area contributed by atoms with Crippen molar-refractivity contribution >= 4 is 32.4 Å². The second-order valence-corrected chi connectivity index (χ2v) is 9.81. The van der Waals surface area contributed by atoms with Gasteiger partial charge in [0, 0.05) is 18.7 Å². The Kier molecular flexibility index (Phi) is 6.40. The van der Waals surface area contributed by atoms with Gasteiger partial charge in [-0.3, -0.25) is 9.52 Å². The summed E-state index contributed by atoms with van der Waals surface area (Å²) >= 11 is 1.13. The molecule has 32 heavy (non-hydrogen) atoms. The van der Waals surface area contributed by atoms with Gasteiger partial charge in [-0.2, -0.15) is 0 Å². The van der Waals surface area contributed by atoms with Crippen LogP contribution in [0.5, 0.6) is 5.75 Å². The van der Waals surface area contributed by atoms with Crippen molar-refractivity contribution in [3.63, 3.8) is 0 Å². The molecule has 0 unspecified atom stereocenters. The molecule has 1 saturated heterocycles. The summed E-state index contributed by atoms with van der Waals surface area (Å²) in [6.45, 7) is 3.73. The molecule has 1 fully saturated rings. The average molecular weight is 475 g/mol. The van der Waals surface area contributed by atoms with Crippen LogP contribution in [0.2, 0.25) is 0 Å². The Morgan fingerprint density at radius 3 is 2.53 bits per heavy atom. The Hall–Kier alpha value is -3.02. The van der Waals surface area contributed by atoms with Gasteiger partial charge in [-0.15, -0.1) is 10.2 Å². The fourth-order valence-electron chi connectivity index (χ4n) is 3.21. The van der Waals surface area contributed by atoms with Crippen LogP contribution in [0.25, 0.3) is 10.6 Å². The third kappa shape index (κ3) is 4.74. The summed E-state index contributed by atoms with van der Waals surface area (Å²) in [5.74, 6) is -0.00205. The lowest BCUT2D eigenvalue weighted by Gasteiger charge is -2.27. The van der Waals surface area contributed by atoms with Crippen molar-refractivity contribution in [1.82, 2.24) is 15.1 Å². The minimum atomic E-state index is -3.99. The SMILES string of the molecule is COc1ccc(S(=O)(=O)Nc2nnc(-c3ccc(C)cc3)s2)cc1C(=O)N1CCOCC1. The molecule has 2 aromatic carbocycles. The fraction of sp³-hybridized carbons (Fsp3) is 0.286. The number of aromatic nitrogens is 2. The van der Waals surface area contributed by atoms with Gasteiger partial charge in [-0.05, 0) is 25.1 Å². The number of hydrogen-bond acceptors (Lipinski definition) is 8. The number of anilines is 1. The van der Waals surface area contributed by atoms with Crippen LogP contribution in [0.15, 0.2) is 47.4 Å². The number of rotatable bonds is 6. The van der Waals surface area contributed by atoms with Crippen LogP contribution < -0.4 is 9.46 Å².